The Bertz CT molecular complexity index is 887. The van der Waals surface area contributed by atoms with Gasteiger partial charge in [0.15, 0.2) is 17.2 Å². The minimum absolute atomic E-state index is 0.158. The summed E-state index contributed by atoms with van der Waals surface area (Å²) in [4.78, 5) is 27.6. The monoisotopic (exact) mass is 341 g/mol. The van der Waals surface area contributed by atoms with Crippen molar-refractivity contribution in [3.63, 3.8) is 0 Å². The second-order valence-electron chi connectivity index (χ2n) is 5.93. The lowest BCUT2D eigenvalue weighted by molar-refractivity contribution is -0.0268. The molecule has 1 N–H and O–H groups in total. The summed E-state index contributed by atoms with van der Waals surface area (Å²) in [7, 11) is 0. The Morgan fingerprint density at radius 2 is 2.20 bits per heavy atom. The van der Waals surface area contributed by atoms with Crippen molar-refractivity contribution >= 4 is 11.6 Å². The number of aromatic amines is 1. The van der Waals surface area contributed by atoms with Crippen LogP contribution in [0.4, 0.5) is 0 Å². The number of nitrogens with one attached hydrogen (secondary N) is 1. The molecule has 9 nitrogen and oxygen atoms in total. The fourth-order valence-electron chi connectivity index (χ4n) is 2.95. The Hall–Kier alpha value is -2.81. The first kappa shape index (κ1) is 15.7. The highest BCUT2D eigenvalue weighted by Gasteiger charge is 2.30. The van der Waals surface area contributed by atoms with E-state index in [9.17, 15) is 4.79 Å². The summed E-state index contributed by atoms with van der Waals surface area (Å²) < 4.78 is 7.55. The molecule has 9 heteroatoms. The lowest BCUT2D eigenvalue weighted by Gasteiger charge is -2.31. The number of ether oxygens (including phenoxy) is 1. The lowest BCUT2D eigenvalue weighted by atomic mass is 10.2. The Morgan fingerprint density at radius 3 is 3.04 bits per heavy atom. The van der Waals surface area contributed by atoms with Crippen molar-refractivity contribution in [3.8, 4) is 0 Å². The van der Waals surface area contributed by atoms with Crippen LogP contribution < -0.4 is 0 Å². The molecule has 0 saturated carbocycles. The van der Waals surface area contributed by atoms with Gasteiger partial charge in [-0.2, -0.15) is 5.10 Å². The Morgan fingerprint density at radius 1 is 1.36 bits per heavy atom. The number of rotatable bonds is 4. The third-order valence-electron chi connectivity index (χ3n) is 4.19. The largest absolute Gasteiger partial charge is 0.366 e. The SMILES string of the molecule is CCCc1nc([C@@H]2CN(C(=O)c3nccn4ccnc34)CCO2)n[nH]1. The van der Waals surface area contributed by atoms with E-state index in [-0.39, 0.29) is 12.0 Å². The molecule has 4 heterocycles. The van der Waals surface area contributed by atoms with Gasteiger partial charge in [-0.1, -0.05) is 6.92 Å². The summed E-state index contributed by atoms with van der Waals surface area (Å²) in [5.41, 5.74) is 0.897. The van der Waals surface area contributed by atoms with E-state index in [1.54, 1.807) is 34.1 Å². The zero-order valence-corrected chi connectivity index (χ0v) is 13.9. The summed E-state index contributed by atoms with van der Waals surface area (Å²) in [5.74, 6) is 1.27. The molecule has 25 heavy (non-hydrogen) atoms. The van der Waals surface area contributed by atoms with Gasteiger partial charge in [0.05, 0.1) is 13.2 Å². The standard InChI is InChI=1S/C16H19N7O2/c1-2-3-12-19-14(21-20-12)11-10-23(8-9-25-11)16(24)13-15-18-5-7-22(15)6-4-17-13/h4-7,11H,2-3,8-10H2,1H3,(H,19,20,21)/t11-/m0/s1. The van der Waals surface area contributed by atoms with Gasteiger partial charge in [-0.3, -0.25) is 9.89 Å². The summed E-state index contributed by atoms with van der Waals surface area (Å²) in [6.45, 7) is 3.42. The molecule has 3 aromatic rings. The zero-order chi connectivity index (χ0) is 17.2. The van der Waals surface area contributed by atoms with Crippen LogP contribution in [0, 0.1) is 0 Å². The van der Waals surface area contributed by atoms with E-state index in [4.69, 9.17) is 4.74 Å². The van der Waals surface area contributed by atoms with E-state index in [0.29, 0.717) is 36.9 Å². The molecule has 1 aliphatic rings. The molecule has 0 unspecified atom stereocenters. The second kappa shape index (κ2) is 6.60. The first-order chi connectivity index (χ1) is 12.3. The van der Waals surface area contributed by atoms with Crippen molar-refractivity contribution in [2.75, 3.05) is 19.7 Å². The van der Waals surface area contributed by atoms with Crippen LogP contribution in [-0.4, -0.2) is 60.1 Å². The maximum Gasteiger partial charge on any atom is 0.276 e. The summed E-state index contributed by atoms with van der Waals surface area (Å²) in [6.07, 6.45) is 8.31. The minimum atomic E-state index is -0.334. The maximum atomic E-state index is 12.9. The van der Waals surface area contributed by atoms with Gasteiger partial charge in [0.1, 0.15) is 11.9 Å². The van der Waals surface area contributed by atoms with Crippen LogP contribution in [0.5, 0.6) is 0 Å². The molecule has 1 saturated heterocycles. The Kier molecular flexibility index (Phi) is 4.14. The number of hydrogen-bond donors (Lipinski definition) is 1. The fraction of sp³-hybridized carbons (Fsp3) is 0.438. The zero-order valence-electron chi connectivity index (χ0n) is 13.9. The maximum absolute atomic E-state index is 12.9. The van der Waals surface area contributed by atoms with E-state index < -0.39 is 0 Å². The first-order valence-corrected chi connectivity index (χ1v) is 8.36. The molecule has 1 aliphatic heterocycles. The molecule has 0 bridgehead atoms. The summed E-state index contributed by atoms with van der Waals surface area (Å²) >= 11 is 0. The van der Waals surface area contributed by atoms with Crippen LogP contribution in [0.15, 0.2) is 24.8 Å². The van der Waals surface area contributed by atoms with E-state index in [1.807, 2.05) is 0 Å². The molecule has 0 radical (unpaired) electrons. The van der Waals surface area contributed by atoms with Gasteiger partial charge in [0, 0.05) is 37.8 Å². The van der Waals surface area contributed by atoms with Gasteiger partial charge in [-0.15, -0.1) is 0 Å². The number of nitrogens with zero attached hydrogens (tertiary/aromatic N) is 6. The lowest BCUT2D eigenvalue weighted by Crippen LogP contribution is -2.43. The smallest absolute Gasteiger partial charge is 0.276 e. The fourth-order valence-corrected chi connectivity index (χ4v) is 2.95. The molecule has 0 aliphatic carbocycles. The minimum Gasteiger partial charge on any atom is -0.366 e. The molecule has 0 spiro atoms. The molecule has 1 atom stereocenters. The molecule has 0 aromatic carbocycles. The number of morpholine rings is 1. The van der Waals surface area contributed by atoms with Crippen LogP contribution in [0.1, 0.15) is 41.6 Å². The molecular formula is C16H19N7O2. The number of imidazole rings is 1. The van der Waals surface area contributed by atoms with E-state index in [2.05, 4.69) is 32.1 Å². The number of aryl methyl sites for hydroxylation is 1. The summed E-state index contributed by atoms with van der Waals surface area (Å²) in [6, 6.07) is 0. The van der Waals surface area contributed by atoms with Crippen molar-refractivity contribution in [3.05, 3.63) is 42.1 Å². The van der Waals surface area contributed by atoms with Gasteiger partial charge < -0.3 is 14.0 Å². The van der Waals surface area contributed by atoms with Crippen LogP contribution in [0.25, 0.3) is 5.65 Å². The first-order valence-electron chi connectivity index (χ1n) is 8.36. The van der Waals surface area contributed by atoms with Crippen LogP contribution >= 0.6 is 0 Å². The molecule has 130 valence electrons. The van der Waals surface area contributed by atoms with Crippen molar-refractivity contribution in [1.82, 2.24) is 34.4 Å². The predicted molar refractivity (Wildman–Crippen MR) is 88.0 cm³/mol. The number of H-pyrrole nitrogens is 1. The number of carbonyl (C=O) groups is 1. The number of fused-ring (bicyclic) bond motifs is 1. The number of amides is 1. The second-order valence-corrected chi connectivity index (χ2v) is 5.93. The third kappa shape index (κ3) is 2.98. The normalized spacial score (nSPS) is 18.0. The summed E-state index contributed by atoms with van der Waals surface area (Å²) in [5, 5.41) is 7.17. The van der Waals surface area contributed by atoms with Gasteiger partial charge in [0.2, 0.25) is 0 Å². The highest BCUT2D eigenvalue weighted by atomic mass is 16.5. The molecular weight excluding hydrogens is 322 g/mol. The molecule has 4 rings (SSSR count). The molecule has 1 fully saturated rings. The Balaban J connectivity index is 1.54. The van der Waals surface area contributed by atoms with Gasteiger partial charge in [0.25, 0.3) is 5.91 Å². The van der Waals surface area contributed by atoms with Crippen LogP contribution in [-0.2, 0) is 11.2 Å². The molecule has 3 aromatic heterocycles. The van der Waals surface area contributed by atoms with Crippen molar-refractivity contribution in [1.29, 1.82) is 0 Å². The predicted octanol–water partition coefficient (Wildman–Crippen LogP) is 1.01. The third-order valence-corrected chi connectivity index (χ3v) is 4.19. The molecule has 1 amide bonds. The van der Waals surface area contributed by atoms with Crippen molar-refractivity contribution in [2.24, 2.45) is 0 Å². The Labute approximate surface area is 144 Å². The highest BCUT2D eigenvalue weighted by molar-refractivity contribution is 5.97. The van der Waals surface area contributed by atoms with Crippen LogP contribution in [0.2, 0.25) is 0 Å². The number of hydrogen-bond acceptors (Lipinski definition) is 6. The van der Waals surface area contributed by atoms with Crippen LogP contribution in [0.3, 0.4) is 0 Å². The number of aromatic nitrogens is 6. The highest BCUT2D eigenvalue weighted by Crippen LogP contribution is 2.21. The van der Waals surface area contributed by atoms with Gasteiger partial charge in [-0.25, -0.2) is 15.0 Å². The van der Waals surface area contributed by atoms with E-state index in [1.165, 1.54) is 0 Å². The van der Waals surface area contributed by atoms with Gasteiger partial charge >= 0.3 is 0 Å². The topological polar surface area (TPSA) is 101 Å². The van der Waals surface area contributed by atoms with E-state index >= 15 is 0 Å². The quantitative estimate of drug-likeness (QED) is 0.760. The van der Waals surface area contributed by atoms with Crippen molar-refractivity contribution < 1.29 is 9.53 Å². The average molecular weight is 341 g/mol. The number of carbonyl (C=O) groups excluding carboxylic acids is 1. The van der Waals surface area contributed by atoms with Gasteiger partial charge in [-0.05, 0) is 6.42 Å². The average Bonchev–Trinajstić information content (AvgIpc) is 3.30. The van der Waals surface area contributed by atoms with Crippen molar-refractivity contribution in [2.45, 2.75) is 25.9 Å². The van der Waals surface area contributed by atoms with E-state index in [0.717, 1.165) is 18.7 Å².